The lowest BCUT2D eigenvalue weighted by molar-refractivity contribution is 0.0472. The van der Waals surface area contributed by atoms with E-state index >= 15 is 0 Å². The molecule has 0 aliphatic rings. The number of ether oxygens (including phenoxy) is 4. The van der Waals surface area contributed by atoms with Crippen molar-refractivity contribution >= 4 is 41.5 Å². The maximum atomic E-state index is 12.7. The smallest absolute Gasteiger partial charge is 0.338 e. The fraction of sp³-hybridized carbons (Fsp3) is 0.235. The standard InChI is InChI=1S/C34H34ClN3O6/c1-41-21-19-38(20-22-42-2)32-30(26-14-16-28(17-15-26)34(40)44-23-25-7-5-4-6-8-25)37-31(35)29(36-32)18-11-24-9-12-27(13-10-24)33(39)43-3/h4-18H,19-23H2,1-3H3/b18-11+. The molecular weight excluding hydrogens is 582 g/mol. The molecule has 0 amide bonds. The zero-order valence-electron chi connectivity index (χ0n) is 24.9. The molecule has 4 rings (SSSR count). The number of halogens is 1. The molecule has 3 aromatic carbocycles. The third-order valence-corrected chi connectivity index (χ3v) is 6.94. The second-order valence-electron chi connectivity index (χ2n) is 9.63. The van der Waals surface area contributed by atoms with Gasteiger partial charge < -0.3 is 23.8 Å². The number of rotatable bonds is 14. The van der Waals surface area contributed by atoms with Gasteiger partial charge in [-0.25, -0.2) is 19.6 Å². The van der Waals surface area contributed by atoms with Crippen molar-refractivity contribution in [3.63, 3.8) is 0 Å². The van der Waals surface area contributed by atoms with Gasteiger partial charge in [0.15, 0.2) is 11.0 Å². The van der Waals surface area contributed by atoms with Crippen LogP contribution in [0.1, 0.15) is 37.5 Å². The molecule has 0 aliphatic heterocycles. The number of hydrogen-bond acceptors (Lipinski definition) is 9. The predicted molar refractivity (Wildman–Crippen MR) is 171 cm³/mol. The van der Waals surface area contributed by atoms with Gasteiger partial charge in [0.1, 0.15) is 18.0 Å². The topological polar surface area (TPSA) is 100 Å². The van der Waals surface area contributed by atoms with Crippen molar-refractivity contribution in [1.29, 1.82) is 0 Å². The molecule has 1 heterocycles. The Morgan fingerprint density at radius 3 is 2.00 bits per heavy atom. The van der Waals surface area contributed by atoms with Gasteiger partial charge >= 0.3 is 11.9 Å². The van der Waals surface area contributed by atoms with Gasteiger partial charge in [-0.2, -0.15) is 0 Å². The van der Waals surface area contributed by atoms with E-state index in [0.717, 1.165) is 16.7 Å². The summed E-state index contributed by atoms with van der Waals surface area (Å²) in [7, 11) is 4.62. The maximum Gasteiger partial charge on any atom is 0.338 e. The van der Waals surface area contributed by atoms with Gasteiger partial charge in [0, 0.05) is 32.9 Å². The number of aromatic nitrogens is 2. The Morgan fingerprint density at radius 1 is 0.773 bits per heavy atom. The third kappa shape index (κ3) is 8.73. The normalized spacial score (nSPS) is 11.0. The molecule has 0 fully saturated rings. The summed E-state index contributed by atoms with van der Waals surface area (Å²) >= 11 is 6.67. The number of anilines is 1. The van der Waals surface area contributed by atoms with Crippen LogP contribution in [0.2, 0.25) is 5.15 Å². The molecule has 0 bridgehead atoms. The summed E-state index contributed by atoms with van der Waals surface area (Å²) in [5.74, 6) is -0.241. The maximum absolute atomic E-state index is 12.7. The van der Waals surface area contributed by atoms with Crippen LogP contribution in [0.15, 0.2) is 78.9 Å². The minimum atomic E-state index is -0.424. The van der Waals surface area contributed by atoms with Gasteiger partial charge in [-0.1, -0.05) is 72.3 Å². The highest BCUT2D eigenvalue weighted by molar-refractivity contribution is 6.31. The van der Waals surface area contributed by atoms with E-state index in [-0.39, 0.29) is 11.8 Å². The number of esters is 2. The molecule has 0 saturated heterocycles. The monoisotopic (exact) mass is 615 g/mol. The van der Waals surface area contributed by atoms with Crippen molar-refractivity contribution in [2.75, 3.05) is 52.5 Å². The number of carbonyl (C=O) groups is 2. The van der Waals surface area contributed by atoms with E-state index in [4.69, 9.17) is 40.5 Å². The molecule has 0 atom stereocenters. The highest BCUT2D eigenvalue weighted by Crippen LogP contribution is 2.31. The lowest BCUT2D eigenvalue weighted by Gasteiger charge is -2.25. The molecule has 0 saturated carbocycles. The molecule has 0 aliphatic carbocycles. The number of carbonyl (C=O) groups excluding carboxylic acids is 2. The quantitative estimate of drug-likeness (QED) is 0.153. The average Bonchev–Trinajstić information content (AvgIpc) is 3.07. The van der Waals surface area contributed by atoms with Crippen molar-refractivity contribution in [3.8, 4) is 11.3 Å². The summed E-state index contributed by atoms with van der Waals surface area (Å²) in [6.45, 7) is 2.16. The fourth-order valence-electron chi connectivity index (χ4n) is 4.26. The summed E-state index contributed by atoms with van der Waals surface area (Å²) in [5.41, 5.74) is 4.35. The number of benzene rings is 3. The van der Waals surface area contributed by atoms with Crippen molar-refractivity contribution in [3.05, 3.63) is 112 Å². The average molecular weight is 616 g/mol. The first-order chi connectivity index (χ1) is 21.4. The highest BCUT2D eigenvalue weighted by Gasteiger charge is 2.20. The summed E-state index contributed by atoms with van der Waals surface area (Å²) in [6.07, 6.45) is 3.61. The summed E-state index contributed by atoms with van der Waals surface area (Å²) in [5, 5.41) is 0.205. The van der Waals surface area contributed by atoms with Crippen LogP contribution in [0.25, 0.3) is 23.4 Å². The van der Waals surface area contributed by atoms with E-state index in [9.17, 15) is 9.59 Å². The van der Waals surface area contributed by atoms with E-state index in [2.05, 4.69) is 0 Å². The Bertz CT molecular complexity index is 1550. The van der Waals surface area contributed by atoms with Crippen LogP contribution in [-0.4, -0.2) is 69.5 Å². The molecule has 44 heavy (non-hydrogen) atoms. The Hall–Kier alpha value is -4.57. The van der Waals surface area contributed by atoms with E-state index < -0.39 is 11.9 Å². The molecule has 228 valence electrons. The Balaban J connectivity index is 1.64. The summed E-state index contributed by atoms with van der Waals surface area (Å²) in [4.78, 5) is 36.1. The van der Waals surface area contributed by atoms with Crippen molar-refractivity contribution in [2.45, 2.75) is 6.61 Å². The van der Waals surface area contributed by atoms with Crippen molar-refractivity contribution in [2.24, 2.45) is 0 Å². The molecule has 0 N–H and O–H groups in total. The summed E-state index contributed by atoms with van der Waals surface area (Å²) in [6, 6.07) is 23.5. The molecule has 0 spiro atoms. The molecule has 1 aromatic heterocycles. The van der Waals surface area contributed by atoms with Crippen LogP contribution >= 0.6 is 11.6 Å². The number of methoxy groups -OCH3 is 3. The van der Waals surface area contributed by atoms with Crippen LogP contribution in [0, 0.1) is 0 Å². The Kier molecular flexibility index (Phi) is 12.0. The molecule has 0 unspecified atom stereocenters. The number of nitrogens with zero attached hydrogens (tertiary/aromatic N) is 3. The van der Waals surface area contributed by atoms with E-state index in [1.54, 1.807) is 68.8 Å². The molecular formula is C34H34ClN3O6. The lowest BCUT2D eigenvalue weighted by atomic mass is 10.1. The molecule has 0 radical (unpaired) electrons. The van der Waals surface area contributed by atoms with E-state index in [1.807, 2.05) is 41.3 Å². The van der Waals surface area contributed by atoms with Crippen LogP contribution in [-0.2, 0) is 25.6 Å². The van der Waals surface area contributed by atoms with Gasteiger partial charge in [-0.15, -0.1) is 0 Å². The first kappa shape index (κ1) is 32.3. The molecule has 4 aromatic rings. The van der Waals surface area contributed by atoms with E-state index in [0.29, 0.717) is 54.6 Å². The van der Waals surface area contributed by atoms with Crippen LogP contribution in [0.5, 0.6) is 0 Å². The minimum absolute atomic E-state index is 0.186. The van der Waals surface area contributed by atoms with Crippen LogP contribution < -0.4 is 4.90 Å². The van der Waals surface area contributed by atoms with E-state index in [1.165, 1.54) is 7.11 Å². The van der Waals surface area contributed by atoms with Gasteiger partial charge in [0.05, 0.1) is 31.5 Å². The Labute approximate surface area is 262 Å². The van der Waals surface area contributed by atoms with Gasteiger partial charge in [-0.05, 0) is 41.5 Å². The number of hydrogen-bond donors (Lipinski definition) is 0. The SMILES string of the molecule is COCCN(CCOC)c1nc(/C=C/c2ccc(C(=O)OC)cc2)c(Cl)nc1-c1ccc(C(=O)OCc2ccccc2)cc1. The third-order valence-electron chi connectivity index (χ3n) is 6.66. The second-order valence-corrected chi connectivity index (χ2v) is 9.99. The Morgan fingerprint density at radius 2 is 1.39 bits per heavy atom. The van der Waals surface area contributed by atoms with Crippen molar-refractivity contribution in [1.82, 2.24) is 9.97 Å². The van der Waals surface area contributed by atoms with Gasteiger partial charge in [-0.3, -0.25) is 0 Å². The minimum Gasteiger partial charge on any atom is -0.465 e. The van der Waals surface area contributed by atoms with Crippen molar-refractivity contribution < 1.29 is 28.5 Å². The lowest BCUT2D eigenvalue weighted by Crippen LogP contribution is -2.32. The predicted octanol–water partition coefficient (Wildman–Crippen LogP) is 6.21. The summed E-state index contributed by atoms with van der Waals surface area (Å²) < 4.78 is 21.0. The fourth-order valence-corrected chi connectivity index (χ4v) is 4.45. The highest BCUT2D eigenvalue weighted by atomic mass is 35.5. The van der Waals surface area contributed by atoms with Gasteiger partial charge in [0.2, 0.25) is 0 Å². The zero-order chi connectivity index (χ0) is 31.3. The molecule has 9 nitrogen and oxygen atoms in total. The first-order valence-corrected chi connectivity index (χ1v) is 14.3. The van der Waals surface area contributed by atoms with Crippen LogP contribution in [0.3, 0.4) is 0 Å². The van der Waals surface area contributed by atoms with Gasteiger partial charge in [0.25, 0.3) is 0 Å². The zero-order valence-corrected chi connectivity index (χ0v) is 25.6. The molecule has 10 heteroatoms. The van der Waals surface area contributed by atoms with Crippen LogP contribution in [0.4, 0.5) is 5.82 Å². The second kappa shape index (κ2) is 16.3. The first-order valence-electron chi connectivity index (χ1n) is 13.9. The largest absolute Gasteiger partial charge is 0.465 e.